The Labute approximate surface area is 111 Å². The van der Waals surface area contributed by atoms with Crippen LogP contribution in [0.1, 0.15) is 15.9 Å². The number of nitrogens with one attached hydrogen (secondary N) is 1. The minimum atomic E-state index is -1.41. The molecule has 0 aliphatic rings. The molecule has 0 radical (unpaired) electrons. The van der Waals surface area contributed by atoms with Crippen molar-refractivity contribution in [3.05, 3.63) is 65.0 Å². The van der Waals surface area contributed by atoms with Gasteiger partial charge in [0.05, 0.1) is 5.56 Å². The molecule has 3 nitrogen and oxygen atoms in total. The van der Waals surface area contributed by atoms with Gasteiger partial charge in [-0.1, -0.05) is 0 Å². The highest BCUT2D eigenvalue weighted by Gasteiger charge is 2.16. The fourth-order valence-corrected chi connectivity index (χ4v) is 1.54. The molecular formula is C13H8F4N2O. The highest BCUT2D eigenvalue weighted by molar-refractivity contribution is 5.94. The first-order chi connectivity index (χ1) is 9.49. The van der Waals surface area contributed by atoms with Gasteiger partial charge >= 0.3 is 0 Å². The van der Waals surface area contributed by atoms with E-state index in [1.54, 1.807) is 0 Å². The monoisotopic (exact) mass is 284 g/mol. The number of nitrogens with zero attached hydrogens (tertiary/aromatic N) is 1. The number of carbonyl (C=O) groups is 1. The molecule has 0 saturated heterocycles. The van der Waals surface area contributed by atoms with Gasteiger partial charge in [-0.15, -0.1) is 0 Å². The van der Waals surface area contributed by atoms with Gasteiger partial charge in [-0.25, -0.2) is 18.2 Å². The number of amides is 1. The first kappa shape index (κ1) is 14.0. The van der Waals surface area contributed by atoms with E-state index in [0.29, 0.717) is 0 Å². The number of rotatable bonds is 3. The molecule has 0 spiro atoms. The third-order valence-electron chi connectivity index (χ3n) is 2.54. The predicted molar refractivity (Wildman–Crippen MR) is 61.7 cm³/mol. The minimum absolute atomic E-state index is 0.103. The molecule has 7 heteroatoms. The molecule has 0 atom stereocenters. The van der Waals surface area contributed by atoms with Crippen LogP contribution in [0.15, 0.2) is 30.5 Å². The second-order valence-electron chi connectivity index (χ2n) is 3.88. The molecule has 0 aliphatic carbocycles. The van der Waals surface area contributed by atoms with E-state index < -0.39 is 34.9 Å². The van der Waals surface area contributed by atoms with Gasteiger partial charge in [0.25, 0.3) is 5.91 Å². The van der Waals surface area contributed by atoms with Crippen LogP contribution in [0.25, 0.3) is 0 Å². The van der Waals surface area contributed by atoms with Crippen LogP contribution in [0.5, 0.6) is 0 Å². The van der Waals surface area contributed by atoms with Crippen molar-refractivity contribution >= 4 is 5.91 Å². The van der Waals surface area contributed by atoms with Crippen LogP contribution in [0, 0.1) is 23.4 Å². The number of pyridine rings is 1. The van der Waals surface area contributed by atoms with Gasteiger partial charge in [0.2, 0.25) is 5.95 Å². The molecule has 2 aromatic rings. The van der Waals surface area contributed by atoms with E-state index in [1.165, 1.54) is 0 Å². The van der Waals surface area contributed by atoms with Crippen molar-refractivity contribution in [2.75, 3.05) is 0 Å². The Bertz CT molecular complexity index is 661. The predicted octanol–water partition coefficient (Wildman–Crippen LogP) is 2.57. The lowest BCUT2D eigenvalue weighted by Gasteiger charge is -2.07. The van der Waals surface area contributed by atoms with Crippen molar-refractivity contribution in [1.29, 1.82) is 0 Å². The molecule has 0 saturated carbocycles. The molecule has 1 amide bonds. The summed E-state index contributed by atoms with van der Waals surface area (Å²) >= 11 is 0. The number of aromatic nitrogens is 1. The van der Waals surface area contributed by atoms with E-state index in [0.717, 1.165) is 30.5 Å². The summed E-state index contributed by atoms with van der Waals surface area (Å²) in [6, 6.07) is 3.72. The van der Waals surface area contributed by atoms with E-state index >= 15 is 0 Å². The lowest BCUT2D eigenvalue weighted by molar-refractivity contribution is 0.0945. The fraction of sp³-hybridized carbons (Fsp3) is 0.0769. The summed E-state index contributed by atoms with van der Waals surface area (Å²) in [7, 11) is 0. The van der Waals surface area contributed by atoms with Gasteiger partial charge in [-0.3, -0.25) is 4.79 Å². The Morgan fingerprint density at radius 1 is 1.15 bits per heavy atom. The van der Waals surface area contributed by atoms with E-state index in [4.69, 9.17) is 0 Å². The maximum Gasteiger partial charge on any atom is 0.254 e. The number of hydrogen-bond acceptors (Lipinski definition) is 2. The fourth-order valence-electron chi connectivity index (χ4n) is 1.54. The molecule has 2 rings (SSSR count). The molecule has 1 N–H and O–H groups in total. The third kappa shape index (κ3) is 2.93. The largest absolute Gasteiger partial charge is 0.348 e. The van der Waals surface area contributed by atoms with Crippen LogP contribution in [-0.2, 0) is 6.54 Å². The minimum Gasteiger partial charge on any atom is -0.348 e. The van der Waals surface area contributed by atoms with Gasteiger partial charge in [0.15, 0.2) is 5.82 Å². The van der Waals surface area contributed by atoms with Gasteiger partial charge in [-0.2, -0.15) is 4.39 Å². The highest BCUT2D eigenvalue weighted by Crippen LogP contribution is 2.11. The number of hydrogen-bond donors (Lipinski definition) is 1. The normalized spacial score (nSPS) is 10.4. The van der Waals surface area contributed by atoms with E-state index in [1.807, 2.05) is 0 Å². The SMILES string of the molecule is O=C(NCc1cc(F)ccc1F)c1ccnc(F)c1F. The lowest BCUT2D eigenvalue weighted by Crippen LogP contribution is -2.25. The maximum absolute atomic E-state index is 13.3. The Morgan fingerprint density at radius 2 is 1.90 bits per heavy atom. The lowest BCUT2D eigenvalue weighted by atomic mass is 10.2. The zero-order valence-corrected chi connectivity index (χ0v) is 9.96. The number of halogens is 4. The quantitative estimate of drug-likeness (QED) is 0.695. The zero-order valence-electron chi connectivity index (χ0n) is 9.96. The van der Waals surface area contributed by atoms with Gasteiger partial charge in [-0.05, 0) is 24.3 Å². The van der Waals surface area contributed by atoms with Gasteiger partial charge < -0.3 is 5.32 Å². The van der Waals surface area contributed by atoms with Crippen LogP contribution in [0.4, 0.5) is 17.6 Å². The molecular weight excluding hydrogens is 276 g/mol. The Hall–Kier alpha value is -2.44. The number of carbonyl (C=O) groups excluding carboxylic acids is 1. The zero-order chi connectivity index (χ0) is 14.7. The average Bonchev–Trinajstić information content (AvgIpc) is 2.42. The first-order valence-electron chi connectivity index (χ1n) is 5.51. The van der Waals surface area contributed by atoms with Crippen molar-refractivity contribution in [2.24, 2.45) is 0 Å². The first-order valence-corrected chi connectivity index (χ1v) is 5.51. The molecule has 1 aromatic heterocycles. The van der Waals surface area contributed by atoms with Crippen LogP contribution in [0.2, 0.25) is 0 Å². The summed E-state index contributed by atoms with van der Waals surface area (Å²) in [4.78, 5) is 14.7. The topological polar surface area (TPSA) is 42.0 Å². The molecule has 20 heavy (non-hydrogen) atoms. The van der Waals surface area contributed by atoms with Crippen LogP contribution >= 0.6 is 0 Å². The van der Waals surface area contributed by atoms with E-state index in [-0.39, 0.29) is 12.1 Å². The second-order valence-corrected chi connectivity index (χ2v) is 3.88. The summed E-state index contributed by atoms with van der Waals surface area (Å²) in [5.74, 6) is -5.14. The van der Waals surface area contributed by atoms with Crippen molar-refractivity contribution in [3.8, 4) is 0 Å². The van der Waals surface area contributed by atoms with Crippen molar-refractivity contribution in [1.82, 2.24) is 10.3 Å². The molecule has 1 aromatic carbocycles. The van der Waals surface area contributed by atoms with Crippen molar-refractivity contribution in [3.63, 3.8) is 0 Å². The molecule has 0 unspecified atom stereocenters. The standard InChI is InChI=1S/C13H8F4N2O/c14-8-1-2-10(15)7(5-8)6-19-13(20)9-3-4-18-12(17)11(9)16/h1-5H,6H2,(H,19,20). The maximum atomic E-state index is 13.3. The highest BCUT2D eigenvalue weighted by atomic mass is 19.2. The summed E-state index contributed by atoms with van der Waals surface area (Å²) < 4.78 is 52.4. The van der Waals surface area contributed by atoms with Crippen molar-refractivity contribution in [2.45, 2.75) is 6.54 Å². The smallest absolute Gasteiger partial charge is 0.254 e. The molecule has 0 bridgehead atoms. The summed E-state index contributed by atoms with van der Waals surface area (Å²) in [6.07, 6.45) is 0.927. The third-order valence-corrected chi connectivity index (χ3v) is 2.54. The molecule has 1 heterocycles. The summed E-state index contributed by atoms with van der Waals surface area (Å²) in [5, 5.41) is 2.17. The van der Waals surface area contributed by atoms with Gasteiger partial charge in [0.1, 0.15) is 11.6 Å². The average molecular weight is 284 g/mol. The molecule has 104 valence electrons. The Morgan fingerprint density at radius 3 is 2.65 bits per heavy atom. The summed E-state index contributed by atoms with van der Waals surface area (Å²) in [6.45, 7) is -0.355. The van der Waals surface area contributed by atoms with Crippen molar-refractivity contribution < 1.29 is 22.4 Å². The Balaban J connectivity index is 2.13. The molecule has 0 fully saturated rings. The van der Waals surface area contributed by atoms with Crippen LogP contribution in [-0.4, -0.2) is 10.9 Å². The van der Waals surface area contributed by atoms with Crippen LogP contribution in [0.3, 0.4) is 0 Å². The van der Waals surface area contributed by atoms with Crippen LogP contribution < -0.4 is 5.32 Å². The van der Waals surface area contributed by atoms with E-state index in [9.17, 15) is 22.4 Å². The summed E-state index contributed by atoms with van der Waals surface area (Å²) in [5.41, 5.74) is -0.664. The Kier molecular flexibility index (Phi) is 3.97. The number of benzene rings is 1. The van der Waals surface area contributed by atoms with Gasteiger partial charge in [0, 0.05) is 18.3 Å². The van der Waals surface area contributed by atoms with E-state index in [2.05, 4.69) is 10.3 Å². The molecule has 0 aliphatic heterocycles. The second kappa shape index (κ2) is 5.68.